The average Bonchev–Trinajstić information content (AvgIpc) is 2.54. The maximum absolute atomic E-state index is 12.2. The van der Waals surface area contributed by atoms with E-state index in [1.54, 1.807) is 0 Å². The largest absolute Gasteiger partial charge is 0.356 e. The molecule has 0 saturated carbocycles. The third kappa shape index (κ3) is 6.24. The van der Waals surface area contributed by atoms with Crippen LogP contribution in [0.25, 0.3) is 0 Å². The molecule has 1 aliphatic carbocycles. The summed E-state index contributed by atoms with van der Waals surface area (Å²) in [5.74, 6) is -0.260. The first kappa shape index (κ1) is 18.4. The van der Waals surface area contributed by atoms with Gasteiger partial charge < -0.3 is 10.2 Å². The quantitative estimate of drug-likeness (QED) is 0.699. The molecule has 0 aromatic heterocycles. The van der Waals surface area contributed by atoms with Gasteiger partial charge in [0.25, 0.3) is 0 Å². The number of hydrogen-bond acceptors (Lipinski definition) is 4. The Morgan fingerprint density at radius 2 is 1.96 bits per heavy atom. The number of allylic oxidation sites excluding steroid dienone is 1. The first-order chi connectivity index (χ1) is 11.0. The van der Waals surface area contributed by atoms with Gasteiger partial charge in [0.05, 0.1) is 5.75 Å². The molecular weight excluding hydrogens is 314 g/mol. The normalized spacial score (nSPS) is 21.0. The fourth-order valence-electron chi connectivity index (χ4n) is 3.00. The zero-order chi connectivity index (χ0) is 16.7. The van der Waals surface area contributed by atoms with Gasteiger partial charge in [-0.1, -0.05) is 11.6 Å². The highest BCUT2D eigenvalue weighted by Gasteiger charge is 2.26. The predicted molar refractivity (Wildman–Crippen MR) is 91.7 cm³/mol. The molecule has 6 nitrogen and oxygen atoms in total. The molecule has 1 amide bonds. The monoisotopic (exact) mass is 343 g/mol. The Morgan fingerprint density at radius 1 is 1.22 bits per heavy atom. The number of nitrogens with one attached hydrogen (secondary N) is 1. The number of carbonyl (C=O) groups is 1. The van der Waals surface area contributed by atoms with Crippen LogP contribution < -0.4 is 5.32 Å². The van der Waals surface area contributed by atoms with Gasteiger partial charge in [0.2, 0.25) is 15.9 Å². The minimum Gasteiger partial charge on any atom is -0.356 e. The van der Waals surface area contributed by atoms with Gasteiger partial charge in [0.1, 0.15) is 0 Å². The number of nitrogens with zero attached hydrogens (tertiary/aromatic N) is 2. The number of piperazine rings is 1. The van der Waals surface area contributed by atoms with Gasteiger partial charge >= 0.3 is 0 Å². The van der Waals surface area contributed by atoms with Gasteiger partial charge in [-0.3, -0.25) is 4.79 Å². The molecule has 0 bridgehead atoms. The van der Waals surface area contributed by atoms with Gasteiger partial charge in [-0.05, 0) is 39.2 Å². The van der Waals surface area contributed by atoms with Gasteiger partial charge in [0.15, 0.2) is 0 Å². The summed E-state index contributed by atoms with van der Waals surface area (Å²) >= 11 is 0. The first-order valence-corrected chi connectivity index (χ1v) is 10.2. The van der Waals surface area contributed by atoms with Crippen molar-refractivity contribution in [1.29, 1.82) is 0 Å². The van der Waals surface area contributed by atoms with Gasteiger partial charge in [-0.15, -0.1) is 0 Å². The Morgan fingerprint density at radius 3 is 2.61 bits per heavy atom. The molecule has 1 saturated heterocycles. The number of sulfonamides is 1. The number of rotatable bonds is 7. The first-order valence-electron chi connectivity index (χ1n) is 8.58. The Bertz CT molecular complexity index is 523. The molecule has 0 aromatic carbocycles. The zero-order valence-corrected chi connectivity index (χ0v) is 14.9. The molecule has 23 heavy (non-hydrogen) atoms. The third-order valence-corrected chi connectivity index (χ3v) is 6.47. The summed E-state index contributed by atoms with van der Waals surface area (Å²) in [6.07, 6.45) is 7.99. The van der Waals surface area contributed by atoms with Gasteiger partial charge in [-0.2, -0.15) is 4.31 Å². The van der Waals surface area contributed by atoms with Crippen LogP contribution in [0.5, 0.6) is 0 Å². The molecule has 0 atom stereocenters. The molecule has 7 heteroatoms. The number of amides is 1. The lowest BCUT2D eigenvalue weighted by Crippen LogP contribution is -2.48. The smallest absolute Gasteiger partial charge is 0.221 e. The maximum atomic E-state index is 12.2. The molecule has 132 valence electrons. The maximum Gasteiger partial charge on any atom is 0.221 e. The van der Waals surface area contributed by atoms with E-state index in [4.69, 9.17) is 0 Å². The molecule has 2 rings (SSSR count). The van der Waals surface area contributed by atoms with E-state index in [1.807, 2.05) is 7.05 Å². The van der Waals surface area contributed by atoms with Crippen LogP contribution in [-0.2, 0) is 14.8 Å². The molecule has 0 aromatic rings. The van der Waals surface area contributed by atoms with E-state index in [-0.39, 0.29) is 18.1 Å². The van der Waals surface area contributed by atoms with Crippen molar-refractivity contribution in [2.75, 3.05) is 45.5 Å². The summed E-state index contributed by atoms with van der Waals surface area (Å²) in [5.41, 5.74) is 1.42. The van der Waals surface area contributed by atoms with Crippen molar-refractivity contribution < 1.29 is 13.2 Å². The minimum atomic E-state index is -3.31. The Balaban J connectivity index is 1.66. The van der Waals surface area contributed by atoms with Crippen molar-refractivity contribution in [2.45, 2.75) is 38.5 Å². The standard InChI is InChI=1S/C16H29N3O3S/c1-18-10-12-19(13-11-18)23(21,22)14-8-16(20)17-9-7-15-5-3-2-4-6-15/h5H,2-4,6-14H2,1H3,(H,17,20). The van der Waals surface area contributed by atoms with Crippen molar-refractivity contribution >= 4 is 15.9 Å². The molecule has 2 aliphatic rings. The number of hydrogen-bond donors (Lipinski definition) is 1. The van der Waals surface area contributed by atoms with Gasteiger partial charge in [0, 0.05) is 39.1 Å². The summed E-state index contributed by atoms with van der Waals surface area (Å²) in [5, 5.41) is 2.84. The van der Waals surface area contributed by atoms with Crippen LogP contribution in [0.1, 0.15) is 38.5 Å². The van der Waals surface area contributed by atoms with Crippen LogP contribution in [0.15, 0.2) is 11.6 Å². The van der Waals surface area contributed by atoms with Crippen molar-refractivity contribution in [3.8, 4) is 0 Å². The van der Waals surface area contributed by atoms with E-state index in [0.717, 1.165) is 32.4 Å². The van der Waals surface area contributed by atoms with Crippen LogP contribution in [-0.4, -0.2) is 69.1 Å². The van der Waals surface area contributed by atoms with Crippen LogP contribution >= 0.6 is 0 Å². The van der Waals surface area contributed by atoms with Crippen LogP contribution in [0.2, 0.25) is 0 Å². The lowest BCUT2D eigenvalue weighted by atomic mass is 9.97. The van der Waals surface area contributed by atoms with Crippen LogP contribution in [0.3, 0.4) is 0 Å². The summed E-state index contributed by atoms with van der Waals surface area (Å²) in [7, 11) is -1.33. The Kier molecular flexibility index (Phi) is 7.05. The van der Waals surface area contributed by atoms with E-state index in [0.29, 0.717) is 19.6 Å². The molecule has 0 radical (unpaired) electrons. The van der Waals surface area contributed by atoms with Crippen molar-refractivity contribution in [1.82, 2.24) is 14.5 Å². The molecule has 0 unspecified atom stereocenters. The molecular formula is C16H29N3O3S. The van der Waals surface area contributed by atoms with E-state index < -0.39 is 10.0 Å². The van der Waals surface area contributed by atoms with Crippen molar-refractivity contribution in [3.05, 3.63) is 11.6 Å². The van der Waals surface area contributed by atoms with Crippen LogP contribution in [0, 0.1) is 0 Å². The van der Waals surface area contributed by atoms with Crippen LogP contribution in [0.4, 0.5) is 0 Å². The Hall–Kier alpha value is -0.920. The predicted octanol–water partition coefficient (Wildman–Crippen LogP) is 0.960. The molecule has 1 fully saturated rings. The minimum absolute atomic E-state index is 0.0493. The van der Waals surface area contributed by atoms with Crippen molar-refractivity contribution in [2.24, 2.45) is 0 Å². The Labute approximate surface area is 140 Å². The molecule has 1 heterocycles. The number of carbonyl (C=O) groups excluding carboxylic acids is 1. The number of likely N-dealkylation sites (N-methyl/N-ethyl adjacent to an activating group) is 1. The topological polar surface area (TPSA) is 69.7 Å². The second-order valence-corrected chi connectivity index (χ2v) is 8.56. The van der Waals surface area contributed by atoms with E-state index in [2.05, 4.69) is 16.3 Å². The second-order valence-electron chi connectivity index (χ2n) is 6.48. The second kappa shape index (κ2) is 8.80. The highest BCUT2D eigenvalue weighted by molar-refractivity contribution is 7.89. The molecule has 1 aliphatic heterocycles. The summed E-state index contributed by atoms with van der Waals surface area (Å²) in [6.45, 7) is 3.16. The molecule has 0 spiro atoms. The lowest BCUT2D eigenvalue weighted by Gasteiger charge is -2.31. The lowest BCUT2D eigenvalue weighted by molar-refractivity contribution is -0.120. The van der Waals surface area contributed by atoms with Gasteiger partial charge in [-0.25, -0.2) is 8.42 Å². The SMILES string of the molecule is CN1CCN(S(=O)(=O)CCC(=O)NCCC2=CCCCC2)CC1. The fourth-order valence-corrected chi connectivity index (χ4v) is 4.42. The van der Waals surface area contributed by atoms with E-state index in [1.165, 1.54) is 22.7 Å². The highest BCUT2D eigenvalue weighted by atomic mass is 32.2. The van der Waals surface area contributed by atoms with E-state index >= 15 is 0 Å². The average molecular weight is 343 g/mol. The zero-order valence-electron chi connectivity index (χ0n) is 14.1. The summed E-state index contributed by atoms with van der Waals surface area (Å²) in [6, 6.07) is 0. The third-order valence-electron chi connectivity index (χ3n) is 4.60. The fraction of sp³-hybridized carbons (Fsp3) is 0.812. The summed E-state index contributed by atoms with van der Waals surface area (Å²) in [4.78, 5) is 14.0. The summed E-state index contributed by atoms with van der Waals surface area (Å²) < 4.78 is 26.0. The van der Waals surface area contributed by atoms with Crippen molar-refractivity contribution in [3.63, 3.8) is 0 Å². The highest BCUT2D eigenvalue weighted by Crippen LogP contribution is 2.19. The molecule has 1 N–H and O–H groups in total. The van der Waals surface area contributed by atoms with E-state index in [9.17, 15) is 13.2 Å².